The molecule has 0 aliphatic carbocycles. The van der Waals surface area contributed by atoms with E-state index in [-0.39, 0.29) is 5.91 Å². The second kappa shape index (κ2) is 24.8. The Kier molecular flexibility index (Phi) is 23.2. The Morgan fingerprint density at radius 2 is 1.23 bits per heavy atom. The molecule has 0 aromatic heterocycles. The van der Waals surface area contributed by atoms with Crippen LogP contribution in [0.15, 0.2) is 72.9 Å². The van der Waals surface area contributed by atoms with Gasteiger partial charge in [0.05, 0.1) is 4.75 Å². The van der Waals surface area contributed by atoms with Gasteiger partial charge in [-0.1, -0.05) is 101 Å². The number of nitrogens with one attached hydrogen (secondary N) is 2. The second-order valence-electron chi connectivity index (χ2n) is 11.2. The lowest BCUT2D eigenvalue weighted by Gasteiger charge is -2.31. The summed E-state index contributed by atoms with van der Waals surface area (Å²) in [5.41, 5.74) is -0.719. The van der Waals surface area contributed by atoms with E-state index in [9.17, 15) is 19.5 Å². The van der Waals surface area contributed by atoms with Crippen molar-refractivity contribution in [3.05, 3.63) is 72.9 Å². The Morgan fingerprint density at radius 3 is 1.67 bits per heavy atom. The van der Waals surface area contributed by atoms with Crippen molar-refractivity contribution in [1.82, 2.24) is 10.6 Å². The number of hydrogen-bond acceptors (Lipinski definition) is 6. The van der Waals surface area contributed by atoms with Gasteiger partial charge in [-0.25, -0.2) is 9.59 Å². The van der Waals surface area contributed by atoms with Gasteiger partial charge in [0.25, 0.3) is 0 Å². The van der Waals surface area contributed by atoms with E-state index in [1.165, 1.54) is 21.6 Å². The minimum Gasteiger partial charge on any atom is -0.480 e. The molecule has 43 heavy (non-hydrogen) atoms. The first kappa shape index (κ1) is 40.4. The van der Waals surface area contributed by atoms with Gasteiger partial charge >= 0.3 is 12.1 Å². The van der Waals surface area contributed by atoms with Gasteiger partial charge in [0, 0.05) is 18.7 Å². The average molecular weight is 635 g/mol. The predicted molar refractivity (Wildman–Crippen MR) is 185 cm³/mol. The maximum Gasteiger partial charge on any atom is 0.408 e. The number of carbonyl (C=O) groups excluding carboxylic acids is 2. The molecule has 0 radical (unpaired) electrons. The predicted octanol–water partition coefficient (Wildman–Crippen LogP) is 8.72. The van der Waals surface area contributed by atoms with Crippen LogP contribution in [0, 0.1) is 0 Å². The fourth-order valence-corrected chi connectivity index (χ4v) is 5.90. The summed E-state index contributed by atoms with van der Waals surface area (Å²) in [6.45, 7) is 11.3. The molecule has 7 nitrogen and oxygen atoms in total. The summed E-state index contributed by atoms with van der Waals surface area (Å²) < 4.78 is 4.39. The third-order valence-electron chi connectivity index (χ3n) is 5.52. The third-order valence-corrected chi connectivity index (χ3v) is 8.82. The quantitative estimate of drug-likeness (QED) is 0.0621. The van der Waals surface area contributed by atoms with Crippen molar-refractivity contribution in [1.29, 1.82) is 0 Å². The zero-order valence-corrected chi connectivity index (χ0v) is 28.6. The molecule has 0 saturated heterocycles. The molecule has 0 aromatic rings. The normalized spacial score (nSPS) is 13.7. The molecular formula is C34H54N2O5S2. The molecule has 0 bridgehead atoms. The van der Waals surface area contributed by atoms with E-state index in [1.54, 1.807) is 34.6 Å². The molecule has 0 heterocycles. The summed E-state index contributed by atoms with van der Waals surface area (Å²) in [5.74, 6) is -0.538. The number of ether oxygens (including phenoxy) is 1. The van der Waals surface area contributed by atoms with Crippen LogP contribution in [-0.2, 0) is 14.3 Å². The lowest BCUT2D eigenvalue weighted by atomic mass is 10.0. The van der Waals surface area contributed by atoms with Gasteiger partial charge in [-0.2, -0.15) is 0 Å². The highest BCUT2D eigenvalue weighted by molar-refractivity contribution is 8.77. The van der Waals surface area contributed by atoms with Gasteiger partial charge in [0.1, 0.15) is 11.6 Å². The zero-order valence-electron chi connectivity index (χ0n) is 27.0. The van der Waals surface area contributed by atoms with Crippen LogP contribution in [0.3, 0.4) is 0 Å². The van der Waals surface area contributed by atoms with Crippen LogP contribution in [0.2, 0.25) is 0 Å². The Balaban J connectivity index is 4.00. The highest BCUT2D eigenvalue weighted by Crippen LogP contribution is 2.38. The van der Waals surface area contributed by atoms with Crippen molar-refractivity contribution in [3.8, 4) is 0 Å². The Bertz CT molecular complexity index is 976. The smallest absolute Gasteiger partial charge is 0.408 e. The monoisotopic (exact) mass is 634 g/mol. The first-order valence-electron chi connectivity index (χ1n) is 15.1. The van der Waals surface area contributed by atoms with Gasteiger partial charge in [0.2, 0.25) is 5.91 Å². The maximum atomic E-state index is 12.1. The number of carbonyl (C=O) groups is 3. The van der Waals surface area contributed by atoms with Crippen LogP contribution >= 0.6 is 21.6 Å². The van der Waals surface area contributed by atoms with Crippen LogP contribution in [0.4, 0.5) is 4.79 Å². The van der Waals surface area contributed by atoms with E-state index in [0.717, 1.165) is 38.5 Å². The zero-order chi connectivity index (χ0) is 32.4. The van der Waals surface area contributed by atoms with Crippen LogP contribution in [0.1, 0.15) is 92.9 Å². The lowest BCUT2D eigenvalue weighted by Crippen LogP contribution is -2.53. The molecule has 3 N–H and O–H groups in total. The van der Waals surface area contributed by atoms with Gasteiger partial charge in [-0.05, 0) is 79.6 Å². The molecule has 0 aromatic carbocycles. The number of aliphatic carboxylic acids is 1. The Labute approximate surface area is 268 Å². The minimum atomic E-state index is -1.13. The van der Waals surface area contributed by atoms with E-state index in [4.69, 9.17) is 4.74 Å². The van der Waals surface area contributed by atoms with Crippen LogP contribution in [0.5, 0.6) is 0 Å². The molecule has 0 fully saturated rings. The topological polar surface area (TPSA) is 105 Å². The molecule has 242 valence electrons. The number of carboxylic acid groups (broad SMARTS) is 1. The third kappa shape index (κ3) is 25.6. The lowest BCUT2D eigenvalue weighted by molar-refractivity contribution is -0.140. The van der Waals surface area contributed by atoms with Gasteiger partial charge in [-0.3, -0.25) is 4.79 Å². The molecule has 0 saturated carbocycles. The first-order valence-corrected chi connectivity index (χ1v) is 17.4. The summed E-state index contributed by atoms with van der Waals surface area (Å²) in [7, 11) is 2.81. The number of rotatable bonds is 22. The minimum absolute atomic E-state index is 0.0144. The van der Waals surface area contributed by atoms with Crippen LogP contribution < -0.4 is 10.6 Å². The average Bonchev–Trinajstić information content (AvgIpc) is 2.91. The first-order chi connectivity index (χ1) is 20.4. The summed E-state index contributed by atoms with van der Waals surface area (Å²) >= 11 is 0. The fraction of sp³-hybridized carbons (Fsp3) is 0.559. The SMILES string of the molecule is CC/C=C\C/C=C\C/C=C\C/C=C\C/C=C\C/C=C\CCC(=O)NCCSSC(C)(C)[C@@H](NC(=O)OC(C)(C)C)C(=O)O. The van der Waals surface area contributed by atoms with E-state index in [1.807, 2.05) is 6.08 Å². The summed E-state index contributed by atoms with van der Waals surface area (Å²) in [6.07, 6.45) is 32.0. The van der Waals surface area contributed by atoms with Gasteiger partial charge in [0.15, 0.2) is 0 Å². The number of hydrogen-bond donors (Lipinski definition) is 3. The molecule has 0 unspecified atom stereocenters. The summed E-state index contributed by atoms with van der Waals surface area (Å²) in [6, 6.07) is -1.13. The standard InChI is InChI=1S/C34H54N2O5S2/c1-7-8-9-10-11-12-13-14-15-16-17-18-19-20-21-22-23-24-25-26-29(37)35-27-28-42-43-34(5,6)30(31(38)39)36-32(40)41-33(2,3)4/h8-9,11-12,14-15,17-18,20-21,23-24,30H,7,10,13,16,19,22,25-28H2,1-6H3,(H,35,37)(H,36,40)(H,38,39)/b9-8-,12-11-,15-14-,18-17-,21-20-,24-23-/t30-/m0/s1. The molecular weight excluding hydrogens is 581 g/mol. The van der Waals surface area contributed by atoms with Crippen molar-refractivity contribution < 1.29 is 24.2 Å². The molecule has 9 heteroatoms. The van der Waals surface area contributed by atoms with Crippen molar-refractivity contribution in [2.45, 2.75) is 109 Å². The molecule has 0 aliphatic rings. The Morgan fingerprint density at radius 1 is 0.767 bits per heavy atom. The van der Waals surface area contributed by atoms with E-state index in [2.05, 4.69) is 84.4 Å². The molecule has 0 rings (SSSR count). The molecule has 2 amide bonds. The number of alkyl carbamates (subject to hydrolysis) is 1. The van der Waals surface area contributed by atoms with Crippen molar-refractivity contribution in [2.75, 3.05) is 12.3 Å². The van der Waals surface area contributed by atoms with Crippen LogP contribution in [-0.4, -0.2) is 51.8 Å². The van der Waals surface area contributed by atoms with Crippen LogP contribution in [0.25, 0.3) is 0 Å². The second-order valence-corrected chi connectivity index (χ2v) is 14.3. The largest absolute Gasteiger partial charge is 0.480 e. The maximum absolute atomic E-state index is 12.1. The number of amides is 2. The van der Waals surface area contributed by atoms with E-state index >= 15 is 0 Å². The van der Waals surface area contributed by atoms with Gasteiger partial charge < -0.3 is 20.5 Å². The molecule has 1 atom stereocenters. The van der Waals surface area contributed by atoms with E-state index in [0.29, 0.717) is 25.1 Å². The number of carboxylic acids is 1. The van der Waals surface area contributed by atoms with E-state index < -0.39 is 28.5 Å². The highest BCUT2D eigenvalue weighted by Gasteiger charge is 2.38. The van der Waals surface area contributed by atoms with Crippen molar-refractivity contribution in [3.63, 3.8) is 0 Å². The Hall–Kier alpha value is -2.65. The highest BCUT2D eigenvalue weighted by atomic mass is 33.1. The number of allylic oxidation sites excluding steroid dienone is 12. The van der Waals surface area contributed by atoms with Crippen molar-refractivity contribution in [2.24, 2.45) is 0 Å². The fourth-order valence-electron chi connectivity index (χ4n) is 3.37. The summed E-state index contributed by atoms with van der Waals surface area (Å²) in [5, 5.41) is 15.0. The van der Waals surface area contributed by atoms with Gasteiger partial charge in [-0.15, -0.1) is 0 Å². The van der Waals surface area contributed by atoms with Crippen molar-refractivity contribution >= 4 is 39.6 Å². The summed E-state index contributed by atoms with van der Waals surface area (Å²) in [4.78, 5) is 35.9. The molecule has 0 aliphatic heterocycles. The molecule has 0 spiro atoms.